The van der Waals surface area contributed by atoms with Crippen molar-refractivity contribution in [3.63, 3.8) is 0 Å². The second kappa shape index (κ2) is 8.79. The molecule has 5 heteroatoms. The van der Waals surface area contributed by atoms with E-state index in [1.54, 1.807) is 13.8 Å². The summed E-state index contributed by atoms with van der Waals surface area (Å²) < 4.78 is 1.16. The van der Waals surface area contributed by atoms with Gasteiger partial charge in [-0.15, -0.1) is 0 Å². The van der Waals surface area contributed by atoms with E-state index in [1.165, 1.54) is 0 Å². The fourth-order valence-corrected chi connectivity index (χ4v) is 3.74. The first-order valence-corrected chi connectivity index (χ1v) is 9.94. The van der Waals surface area contributed by atoms with Crippen molar-refractivity contribution < 1.29 is 9.90 Å². The molecule has 0 amide bonds. The highest BCUT2D eigenvalue weighted by molar-refractivity contribution is 6.06. The molecule has 0 aliphatic heterocycles. The van der Waals surface area contributed by atoms with Crippen LogP contribution in [0.4, 0.5) is 0 Å². The van der Waals surface area contributed by atoms with Crippen LogP contribution in [0.15, 0.2) is 65.5 Å². The summed E-state index contributed by atoms with van der Waals surface area (Å²) in [5.74, 6) is -1.41. The Morgan fingerprint density at radius 2 is 1.57 bits per heavy atom. The number of ketones is 1. The fraction of sp³-hybridized carbons (Fsp3) is 0.240. The van der Waals surface area contributed by atoms with Crippen molar-refractivity contribution in [2.75, 3.05) is 0 Å². The Morgan fingerprint density at radius 3 is 2.00 bits per heavy atom. The maximum atomic E-state index is 13.8. The third-order valence-corrected chi connectivity index (χ3v) is 5.55. The minimum absolute atomic E-state index is 0.0177. The SMILES string of the molecule is CCC(C)n1c(O)c(C(=O)C(c2ccccc2)c2ccccc2)c(C)c(C#N)c1=O. The van der Waals surface area contributed by atoms with Crippen LogP contribution >= 0.6 is 0 Å². The first-order valence-electron chi connectivity index (χ1n) is 9.94. The molecule has 0 bridgehead atoms. The van der Waals surface area contributed by atoms with E-state index >= 15 is 0 Å². The first kappa shape index (κ1) is 21.1. The zero-order valence-electron chi connectivity index (χ0n) is 17.3. The molecule has 0 radical (unpaired) electrons. The maximum Gasteiger partial charge on any atom is 0.271 e. The van der Waals surface area contributed by atoms with Gasteiger partial charge in [-0.25, -0.2) is 0 Å². The average Bonchev–Trinajstić information content (AvgIpc) is 2.75. The highest BCUT2D eigenvalue weighted by atomic mass is 16.3. The number of hydrogen-bond acceptors (Lipinski definition) is 4. The highest BCUT2D eigenvalue weighted by Crippen LogP contribution is 2.34. The number of aromatic hydroxyl groups is 1. The molecule has 1 N–H and O–H groups in total. The Morgan fingerprint density at radius 1 is 1.07 bits per heavy atom. The van der Waals surface area contributed by atoms with E-state index in [9.17, 15) is 20.0 Å². The molecule has 0 aliphatic rings. The molecule has 0 fully saturated rings. The molecule has 0 aliphatic carbocycles. The van der Waals surface area contributed by atoms with Crippen molar-refractivity contribution in [2.45, 2.75) is 39.2 Å². The molecule has 1 atom stereocenters. The summed E-state index contributed by atoms with van der Waals surface area (Å²) in [6.45, 7) is 5.19. The number of carbonyl (C=O) groups excluding carboxylic acids is 1. The van der Waals surface area contributed by atoms with Crippen LogP contribution in [-0.4, -0.2) is 15.5 Å². The highest BCUT2D eigenvalue weighted by Gasteiger charge is 2.31. The van der Waals surface area contributed by atoms with E-state index in [1.807, 2.05) is 73.7 Å². The van der Waals surface area contributed by atoms with Crippen LogP contribution < -0.4 is 5.56 Å². The van der Waals surface area contributed by atoms with Crippen molar-refractivity contribution in [1.29, 1.82) is 5.26 Å². The van der Waals surface area contributed by atoms with Crippen LogP contribution in [-0.2, 0) is 0 Å². The van der Waals surface area contributed by atoms with E-state index < -0.39 is 11.5 Å². The van der Waals surface area contributed by atoms with Crippen molar-refractivity contribution >= 4 is 5.78 Å². The van der Waals surface area contributed by atoms with E-state index in [4.69, 9.17) is 0 Å². The van der Waals surface area contributed by atoms with Crippen LogP contribution in [0.5, 0.6) is 5.88 Å². The van der Waals surface area contributed by atoms with Gasteiger partial charge in [-0.05, 0) is 37.0 Å². The number of aromatic nitrogens is 1. The van der Waals surface area contributed by atoms with Crippen LogP contribution in [0, 0.1) is 18.3 Å². The maximum absolute atomic E-state index is 13.8. The molecule has 2 aromatic carbocycles. The van der Waals surface area contributed by atoms with Gasteiger partial charge >= 0.3 is 0 Å². The van der Waals surface area contributed by atoms with E-state index in [0.29, 0.717) is 6.42 Å². The topological polar surface area (TPSA) is 83.1 Å². The second-order valence-corrected chi connectivity index (χ2v) is 7.36. The molecule has 30 heavy (non-hydrogen) atoms. The number of rotatable bonds is 6. The van der Waals surface area contributed by atoms with Gasteiger partial charge in [0.1, 0.15) is 11.6 Å². The van der Waals surface area contributed by atoms with Crippen LogP contribution in [0.1, 0.15) is 64.8 Å². The largest absolute Gasteiger partial charge is 0.494 e. The second-order valence-electron chi connectivity index (χ2n) is 7.36. The third kappa shape index (κ3) is 3.65. The van der Waals surface area contributed by atoms with Gasteiger partial charge in [0.2, 0.25) is 5.88 Å². The predicted molar refractivity (Wildman–Crippen MR) is 116 cm³/mol. The molecule has 152 valence electrons. The Hall–Kier alpha value is -3.65. The van der Waals surface area contributed by atoms with Crippen molar-refractivity contribution in [1.82, 2.24) is 4.57 Å². The molecular weight excluding hydrogens is 376 g/mol. The summed E-state index contributed by atoms with van der Waals surface area (Å²) in [5.41, 5.74) is 1.08. The molecular formula is C25H24N2O3. The van der Waals surface area contributed by atoms with Gasteiger partial charge in [0.05, 0.1) is 11.5 Å². The van der Waals surface area contributed by atoms with Gasteiger partial charge in [0.25, 0.3) is 5.56 Å². The molecule has 5 nitrogen and oxygen atoms in total. The molecule has 1 heterocycles. The van der Waals surface area contributed by atoms with E-state index in [2.05, 4.69) is 0 Å². The van der Waals surface area contributed by atoms with Crippen molar-refractivity contribution in [2.24, 2.45) is 0 Å². The number of benzene rings is 2. The van der Waals surface area contributed by atoms with Gasteiger partial charge in [-0.1, -0.05) is 67.6 Å². The molecule has 1 aromatic heterocycles. The lowest BCUT2D eigenvalue weighted by Gasteiger charge is -2.23. The van der Waals surface area contributed by atoms with Gasteiger partial charge < -0.3 is 5.11 Å². The number of hydrogen-bond donors (Lipinski definition) is 1. The number of carbonyl (C=O) groups is 1. The summed E-state index contributed by atoms with van der Waals surface area (Å²) in [5, 5.41) is 20.6. The molecule has 1 unspecified atom stereocenters. The lowest BCUT2D eigenvalue weighted by Crippen LogP contribution is -2.29. The molecule has 0 saturated carbocycles. The first-order chi connectivity index (χ1) is 14.4. The standard InChI is InChI=1S/C25H24N2O3/c1-4-16(2)27-24(29)20(15-26)17(3)21(25(27)30)23(28)22(18-11-7-5-8-12-18)19-13-9-6-10-14-19/h5-14,16,22,30H,4H2,1-3H3. The number of nitrogens with zero attached hydrogens (tertiary/aromatic N) is 2. The minimum Gasteiger partial charge on any atom is -0.494 e. The minimum atomic E-state index is -0.675. The Balaban J connectivity index is 2.31. The normalized spacial score (nSPS) is 11.8. The number of Topliss-reactive ketones (excluding diaryl/α,β-unsaturated/α-hetero) is 1. The lowest BCUT2D eigenvalue weighted by atomic mass is 9.83. The van der Waals surface area contributed by atoms with Crippen LogP contribution in [0.2, 0.25) is 0 Å². The molecule has 3 rings (SSSR count). The van der Waals surface area contributed by atoms with Crippen LogP contribution in [0.3, 0.4) is 0 Å². The zero-order valence-corrected chi connectivity index (χ0v) is 17.3. The Bertz CT molecular complexity index is 1120. The summed E-state index contributed by atoms with van der Waals surface area (Å²) >= 11 is 0. The predicted octanol–water partition coefficient (Wildman–Crippen LogP) is 4.72. The number of pyridine rings is 1. The summed E-state index contributed by atoms with van der Waals surface area (Å²) in [4.78, 5) is 26.6. The van der Waals surface area contributed by atoms with E-state index in [-0.39, 0.29) is 34.4 Å². The van der Waals surface area contributed by atoms with Gasteiger partial charge in [0, 0.05) is 6.04 Å². The zero-order chi connectivity index (χ0) is 21.8. The Labute approximate surface area is 175 Å². The van der Waals surface area contributed by atoms with Gasteiger partial charge in [-0.2, -0.15) is 5.26 Å². The summed E-state index contributed by atoms with van der Waals surface area (Å²) in [7, 11) is 0. The quantitative estimate of drug-likeness (QED) is 0.607. The Kier molecular flexibility index (Phi) is 6.17. The van der Waals surface area contributed by atoms with Gasteiger partial charge in [0.15, 0.2) is 5.78 Å². The molecule has 0 spiro atoms. The van der Waals surface area contributed by atoms with Gasteiger partial charge in [-0.3, -0.25) is 14.2 Å². The lowest BCUT2D eigenvalue weighted by molar-refractivity contribution is 0.0968. The van der Waals surface area contributed by atoms with Crippen molar-refractivity contribution in [3.05, 3.63) is 98.8 Å². The van der Waals surface area contributed by atoms with Crippen molar-refractivity contribution in [3.8, 4) is 11.9 Å². The van der Waals surface area contributed by atoms with Crippen LogP contribution in [0.25, 0.3) is 0 Å². The summed E-state index contributed by atoms with van der Waals surface area (Å²) in [6.07, 6.45) is 0.565. The summed E-state index contributed by atoms with van der Waals surface area (Å²) in [6, 6.07) is 20.2. The third-order valence-electron chi connectivity index (χ3n) is 5.55. The monoisotopic (exact) mass is 400 g/mol. The average molecular weight is 400 g/mol. The van der Waals surface area contributed by atoms with E-state index in [0.717, 1.165) is 15.7 Å². The molecule has 0 saturated heterocycles. The fourth-order valence-electron chi connectivity index (χ4n) is 3.74. The number of nitriles is 1. The molecule has 3 aromatic rings. The smallest absolute Gasteiger partial charge is 0.271 e.